The van der Waals surface area contributed by atoms with Gasteiger partial charge in [-0.3, -0.25) is 9.59 Å². The first kappa shape index (κ1) is 27.3. The van der Waals surface area contributed by atoms with Crippen LogP contribution in [-0.4, -0.2) is 35.5 Å². The monoisotopic (exact) mass is 495 g/mol. The third-order valence-electron chi connectivity index (χ3n) is 10.4. The van der Waals surface area contributed by atoms with E-state index >= 15 is 0 Å². The largest absolute Gasteiger partial charge is 0.396 e. The molecule has 0 radical (unpaired) electrons. The topological polar surface area (TPSA) is 87.4 Å². The van der Waals surface area contributed by atoms with E-state index < -0.39 is 5.41 Å². The number of rotatable bonds is 4. The predicted molar refractivity (Wildman–Crippen MR) is 140 cm³/mol. The van der Waals surface area contributed by atoms with Crippen molar-refractivity contribution in [1.29, 1.82) is 5.26 Å². The Morgan fingerprint density at radius 3 is 2.58 bits per heavy atom. The van der Waals surface area contributed by atoms with E-state index in [4.69, 9.17) is 4.74 Å². The molecule has 3 fully saturated rings. The minimum absolute atomic E-state index is 0.0508. The molecule has 4 aliphatic carbocycles. The Kier molecular flexibility index (Phi) is 7.71. The van der Waals surface area contributed by atoms with Gasteiger partial charge in [0.1, 0.15) is 6.07 Å². The van der Waals surface area contributed by atoms with Crippen molar-refractivity contribution in [2.45, 2.75) is 98.7 Å². The Morgan fingerprint density at radius 1 is 1.25 bits per heavy atom. The molecule has 6 unspecified atom stereocenters. The first-order valence-corrected chi connectivity index (χ1v) is 14.3. The van der Waals surface area contributed by atoms with Crippen LogP contribution in [0.1, 0.15) is 86.5 Å². The number of ketones is 2. The molecule has 0 aromatic rings. The Balaban J connectivity index is 0.000000967. The standard InChI is InChI=1S/C28H37NO4.C3H8/c1-15(14-30)5-8-23-16(2)26-24(33-23)10-21-19-7-6-18-9-22(31)17(13-29)12-27(18,3)20(19)11-25(32)28(21,26)4;1-3-2/h11-12,15-16,18-19,21,23-24,26,30H,5-10,14H2,1-4H3;3H2,1-2H3/t15-,16-,18?,19?,21?,23-,24?,26?,27+,28?;/m1./s1. The molecule has 5 heteroatoms. The maximum Gasteiger partial charge on any atom is 0.173 e. The van der Waals surface area contributed by atoms with Gasteiger partial charge in [0, 0.05) is 29.8 Å². The average Bonchev–Trinajstić information content (AvgIpc) is 3.33. The van der Waals surface area contributed by atoms with Gasteiger partial charge >= 0.3 is 0 Å². The summed E-state index contributed by atoms with van der Waals surface area (Å²) in [5, 5.41) is 18.9. The summed E-state index contributed by atoms with van der Waals surface area (Å²) in [5.74, 6) is 1.74. The maximum absolute atomic E-state index is 13.9. The van der Waals surface area contributed by atoms with Crippen LogP contribution in [0.5, 0.6) is 0 Å². The maximum atomic E-state index is 13.9. The van der Waals surface area contributed by atoms with Crippen molar-refractivity contribution < 1.29 is 19.4 Å². The van der Waals surface area contributed by atoms with Gasteiger partial charge in [-0.1, -0.05) is 59.6 Å². The van der Waals surface area contributed by atoms with E-state index in [0.29, 0.717) is 18.3 Å². The molecule has 1 saturated heterocycles. The number of hydrogen-bond acceptors (Lipinski definition) is 5. The highest BCUT2D eigenvalue weighted by atomic mass is 16.5. The molecule has 0 amide bonds. The minimum atomic E-state index is -0.412. The lowest BCUT2D eigenvalue weighted by molar-refractivity contribution is -0.131. The van der Waals surface area contributed by atoms with Crippen molar-refractivity contribution in [2.24, 2.45) is 46.3 Å². The summed E-state index contributed by atoms with van der Waals surface area (Å²) in [6.45, 7) is 13.1. The SMILES string of the molecule is CCC.C[C@@H](CO)CC[C@H]1OC2CC3C4CCC5CC(=O)C(C#N)=C[C@]5(C)C4=CC(=O)C3(C)C2[C@@H]1C. The van der Waals surface area contributed by atoms with Gasteiger partial charge in [0.15, 0.2) is 11.6 Å². The van der Waals surface area contributed by atoms with Gasteiger partial charge in [0.25, 0.3) is 0 Å². The fourth-order valence-corrected chi connectivity index (χ4v) is 8.45. The van der Waals surface area contributed by atoms with Crippen LogP contribution in [0.4, 0.5) is 0 Å². The quantitative estimate of drug-likeness (QED) is 0.531. The summed E-state index contributed by atoms with van der Waals surface area (Å²) in [5.41, 5.74) is 0.626. The van der Waals surface area contributed by atoms with Crippen LogP contribution in [0.2, 0.25) is 0 Å². The molecule has 1 N–H and O–H groups in total. The van der Waals surface area contributed by atoms with Crippen molar-refractivity contribution in [2.75, 3.05) is 6.61 Å². The summed E-state index contributed by atoms with van der Waals surface area (Å²) < 4.78 is 6.60. The molecule has 0 bridgehead atoms. The Bertz CT molecular complexity index is 991. The molecule has 0 aromatic carbocycles. The second kappa shape index (κ2) is 10.2. The molecule has 0 spiro atoms. The van der Waals surface area contributed by atoms with Gasteiger partial charge in [-0.05, 0) is 67.8 Å². The van der Waals surface area contributed by atoms with Crippen LogP contribution in [0.15, 0.2) is 23.3 Å². The predicted octanol–water partition coefficient (Wildman–Crippen LogP) is 5.82. The molecule has 1 aliphatic heterocycles. The van der Waals surface area contributed by atoms with E-state index in [0.717, 1.165) is 37.7 Å². The van der Waals surface area contributed by atoms with E-state index in [2.05, 4.69) is 47.6 Å². The number of fused-ring (bicyclic) bond motifs is 7. The van der Waals surface area contributed by atoms with Crippen molar-refractivity contribution in [3.8, 4) is 6.07 Å². The van der Waals surface area contributed by atoms with Crippen LogP contribution >= 0.6 is 0 Å². The van der Waals surface area contributed by atoms with Gasteiger partial charge in [-0.25, -0.2) is 0 Å². The fourth-order valence-electron chi connectivity index (χ4n) is 8.45. The number of carbonyl (C=O) groups excluding carboxylic acids is 2. The summed E-state index contributed by atoms with van der Waals surface area (Å²) in [6.07, 6.45) is 10.5. The van der Waals surface area contributed by atoms with E-state index in [1.165, 1.54) is 6.42 Å². The molecular formula is C31H45NO4. The van der Waals surface area contributed by atoms with E-state index in [9.17, 15) is 20.0 Å². The zero-order chi connectivity index (χ0) is 26.4. The zero-order valence-electron chi connectivity index (χ0n) is 23.0. The lowest BCUT2D eigenvalue weighted by Crippen LogP contribution is -2.51. The van der Waals surface area contributed by atoms with Gasteiger partial charge in [-0.15, -0.1) is 0 Å². The molecule has 5 rings (SSSR count). The number of ether oxygens (including phenoxy) is 1. The van der Waals surface area contributed by atoms with Crippen molar-refractivity contribution in [1.82, 2.24) is 0 Å². The van der Waals surface area contributed by atoms with Crippen molar-refractivity contribution in [3.05, 3.63) is 23.3 Å². The number of nitrogens with zero attached hydrogens (tertiary/aromatic N) is 1. The van der Waals surface area contributed by atoms with Crippen LogP contribution < -0.4 is 0 Å². The molecule has 5 nitrogen and oxygen atoms in total. The summed E-state index contributed by atoms with van der Waals surface area (Å²) in [7, 11) is 0. The minimum Gasteiger partial charge on any atom is -0.396 e. The van der Waals surface area contributed by atoms with Crippen molar-refractivity contribution >= 4 is 11.6 Å². The molecule has 198 valence electrons. The smallest absolute Gasteiger partial charge is 0.173 e. The third kappa shape index (κ3) is 4.13. The van der Waals surface area contributed by atoms with Crippen LogP contribution in [0.25, 0.3) is 0 Å². The number of aliphatic hydroxyl groups is 1. The van der Waals surface area contributed by atoms with Gasteiger partial charge in [0.2, 0.25) is 0 Å². The zero-order valence-corrected chi connectivity index (χ0v) is 23.0. The Labute approximate surface area is 217 Å². The van der Waals surface area contributed by atoms with Crippen molar-refractivity contribution in [3.63, 3.8) is 0 Å². The second-order valence-electron chi connectivity index (χ2n) is 12.7. The van der Waals surface area contributed by atoms with Gasteiger partial charge in [-0.2, -0.15) is 5.26 Å². The second-order valence-corrected chi connectivity index (χ2v) is 12.7. The molecule has 36 heavy (non-hydrogen) atoms. The van der Waals surface area contributed by atoms with E-state index in [1.807, 2.05) is 12.2 Å². The van der Waals surface area contributed by atoms with E-state index in [1.54, 1.807) is 0 Å². The summed E-state index contributed by atoms with van der Waals surface area (Å²) in [4.78, 5) is 26.3. The lowest BCUT2D eigenvalue weighted by Gasteiger charge is -2.54. The molecular weight excluding hydrogens is 450 g/mol. The fraction of sp³-hybridized carbons (Fsp3) is 0.774. The summed E-state index contributed by atoms with van der Waals surface area (Å²) >= 11 is 0. The first-order valence-electron chi connectivity index (χ1n) is 14.3. The van der Waals surface area contributed by atoms with Crippen LogP contribution in [0.3, 0.4) is 0 Å². The highest BCUT2D eigenvalue weighted by molar-refractivity contribution is 6.01. The number of Topliss-reactive ketones (excluding diaryl/α,β-unsaturated/α-hetero) is 1. The number of aliphatic hydroxyl groups excluding tert-OH is 1. The lowest BCUT2D eigenvalue weighted by atomic mass is 9.49. The van der Waals surface area contributed by atoms with E-state index in [-0.39, 0.29) is 65.0 Å². The number of hydrogen-bond donors (Lipinski definition) is 1. The number of carbonyl (C=O) groups is 2. The van der Waals surface area contributed by atoms with Gasteiger partial charge in [0.05, 0.1) is 17.8 Å². The molecule has 5 aliphatic rings. The molecule has 2 saturated carbocycles. The number of nitriles is 1. The average molecular weight is 496 g/mol. The normalized spacial score (nSPS) is 43.6. The van der Waals surface area contributed by atoms with Crippen LogP contribution in [0, 0.1) is 57.7 Å². The third-order valence-corrected chi connectivity index (χ3v) is 10.4. The highest BCUT2D eigenvalue weighted by Gasteiger charge is 2.66. The van der Waals surface area contributed by atoms with Crippen LogP contribution in [-0.2, 0) is 14.3 Å². The number of allylic oxidation sites excluding steroid dienone is 4. The van der Waals surface area contributed by atoms with Gasteiger partial charge < -0.3 is 9.84 Å². The molecule has 1 heterocycles. The highest BCUT2D eigenvalue weighted by Crippen LogP contribution is 2.66. The summed E-state index contributed by atoms with van der Waals surface area (Å²) in [6, 6.07) is 2.10. The molecule has 10 atom stereocenters. The Morgan fingerprint density at radius 2 is 1.94 bits per heavy atom. The molecule has 0 aromatic heterocycles. The first-order chi connectivity index (χ1) is 17.1. The Hall–Kier alpha value is -1.77.